The summed E-state index contributed by atoms with van der Waals surface area (Å²) in [5.74, 6) is 0.673. The number of morpholine rings is 1. The Kier molecular flexibility index (Phi) is 7.81. The van der Waals surface area contributed by atoms with Crippen molar-refractivity contribution in [3.05, 3.63) is 30.1 Å². The second-order valence-electron chi connectivity index (χ2n) is 6.56. The highest BCUT2D eigenvalue weighted by Crippen LogP contribution is 2.24. The number of nitrogens with one attached hydrogen (secondary N) is 1. The number of halogens is 1. The summed E-state index contributed by atoms with van der Waals surface area (Å²) in [4.78, 5) is 14.3. The number of thioether (sulfide) groups is 1. The largest absolute Gasteiger partial charge is 0.379 e. The van der Waals surface area contributed by atoms with E-state index in [-0.39, 0.29) is 11.7 Å². The first kappa shape index (κ1) is 20.8. The highest BCUT2D eigenvalue weighted by Gasteiger charge is 2.18. The summed E-state index contributed by atoms with van der Waals surface area (Å²) < 4.78 is 20.7. The Balaban J connectivity index is 1.74. The predicted octanol–water partition coefficient (Wildman–Crippen LogP) is 2.03. The molecule has 1 fully saturated rings. The van der Waals surface area contributed by atoms with Crippen LogP contribution in [0.1, 0.15) is 13.3 Å². The van der Waals surface area contributed by atoms with Gasteiger partial charge < -0.3 is 14.6 Å². The summed E-state index contributed by atoms with van der Waals surface area (Å²) in [6, 6.07) is 6.24. The second-order valence-corrected chi connectivity index (χ2v) is 7.50. The first-order valence-corrected chi connectivity index (χ1v) is 10.5. The van der Waals surface area contributed by atoms with Gasteiger partial charge in [-0.05, 0) is 30.7 Å². The monoisotopic (exact) mass is 407 g/mol. The fourth-order valence-corrected chi connectivity index (χ4v) is 3.72. The molecule has 2 heterocycles. The molecule has 28 heavy (non-hydrogen) atoms. The number of amides is 1. The number of hydrogen-bond acceptors (Lipinski definition) is 6. The van der Waals surface area contributed by atoms with E-state index in [1.54, 1.807) is 12.1 Å². The number of nitrogens with zero attached hydrogens (tertiary/aromatic N) is 4. The van der Waals surface area contributed by atoms with Crippen LogP contribution in [0.4, 0.5) is 4.39 Å². The number of hydrogen-bond donors (Lipinski definition) is 1. The zero-order chi connectivity index (χ0) is 19.8. The third-order valence-electron chi connectivity index (χ3n) is 4.47. The molecule has 0 unspecified atom stereocenters. The maximum absolute atomic E-state index is 13.3. The average Bonchev–Trinajstić information content (AvgIpc) is 3.13. The summed E-state index contributed by atoms with van der Waals surface area (Å²) in [5, 5.41) is 12.2. The molecule has 1 N–H and O–H groups in total. The lowest BCUT2D eigenvalue weighted by atomic mass is 10.2. The van der Waals surface area contributed by atoms with Crippen molar-refractivity contribution < 1.29 is 13.9 Å². The van der Waals surface area contributed by atoms with Crippen molar-refractivity contribution in [2.24, 2.45) is 0 Å². The molecule has 0 spiro atoms. The van der Waals surface area contributed by atoms with Crippen LogP contribution in [0.5, 0.6) is 0 Å². The highest BCUT2D eigenvalue weighted by atomic mass is 32.2. The highest BCUT2D eigenvalue weighted by molar-refractivity contribution is 7.99. The quantitative estimate of drug-likeness (QED) is 0.642. The minimum absolute atomic E-state index is 0.0158. The molecule has 1 aliphatic rings. The van der Waals surface area contributed by atoms with Crippen LogP contribution in [0.15, 0.2) is 29.4 Å². The van der Waals surface area contributed by atoms with Gasteiger partial charge in [0.05, 0.1) is 19.0 Å². The lowest BCUT2D eigenvalue weighted by Crippen LogP contribution is -2.38. The summed E-state index contributed by atoms with van der Waals surface area (Å²) in [7, 11) is 0. The number of benzene rings is 1. The van der Waals surface area contributed by atoms with Crippen molar-refractivity contribution in [2.45, 2.75) is 25.0 Å². The molecule has 1 aliphatic heterocycles. The SMILES string of the molecule is CCCNC(=O)CSc1nnc(-c2ccc(F)cc2)n1CCN1CCOCC1. The van der Waals surface area contributed by atoms with E-state index in [2.05, 4.69) is 20.4 Å². The van der Waals surface area contributed by atoms with E-state index < -0.39 is 0 Å². The minimum Gasteiger partial charge on any atom is -0.379 e. The van der Waals surface area contributed by atoms with Crippen molar-refractivity contribution in [3.8, 4) is 11.4 Å². The van der Waals surface area contributed by atoms with Gasteiger partial charge in [0.1, 0.15) is 5.82 Å². The summed E-state index contributed by atoms with van der Waals surface area (Å²) in [6.45, 7) is 7.50. The third-order valence-corrected chi connectivity index (χ3v) is 5.43. The molecule has 0 saturated carbocycles. The average molecular weight is 408 g/mol. The Hall–Kier alpha value is -1.97. The lowest BCUT2D eigenvalue weighted by Gasteiger charge is -2.27. The van der Waals surface area contributed by atoms with Crippen molar-refractivity contribution in [1.29, 1.82) is 0 Å². The van der Waals surface area contributed by atoms with E-state index in [1.807, 2.05) is 11.5 Å². The van der Waals surface area contributed by atoms with Crippen LogP contribution in [0.3, 0.4) is 0 Å². The number of ether oxygens (including phenoxy) is 1. The van der Waals surface area contributed by atoms with E-state index in [4.69, 9.17) is 4.74 Å². The molecule has 0 atom stereocenters. The molecular weight excluding hydrogens is 381 g/mol. The lowest BCUT2D eigenvalue weighted by molar-refractivity contribution is -0.118. The van der Waals surface area contributed by atoms with Gasteiger partial charge in [0, 0.05) is 38.3 Å². The standard InChI is InChI=1S/C19H26FN5O2S/c1-2-7-21-17(26)14-28-19-23-22-18(15-3-5-16(20)6-4-15)25(19)9-8-24-10-12-27-13-11-24/h3-6H,2,7-14H2,1H3,(H,21,26). The van der Waals surface area contributed by atoms with Gasteiger partial charge in [-0.3, -0.25) is 9.69 Å². The molecule has 1 amide bonds. The van der Waals surface area contributed by atoms with E-state index in [0.29, 0.717) is 29.8 Å². The molecule has 152 valence electrons. The number of aromatic nitrogens is 3. The van der Waals surface area contributed by atoms with E-state index in [9.17, 15) is 9.18 Å². The van der Waals surface area contributed by atoms with Crippen LogP contribution in [-0.2, 0) is 16.1 Å². The van der Waals surface area contributed by atoms with Crippen LogP contribution < -0.4 is 5.32 Å². The van der Waals surface area contributed by atoms with Crippen LogP contribution in [-0.4, -0.2) is 70.7 Å². The molecule has 9 heteroatoms. The summed E-state index contributed by atoms with van der Waals surface area (Å²) in [5.41, 5.74) is 0.804. The maximum Gasteiger partial charge on any atom is 0.230 e. The molecule has 1 saturated heterocycles. The van der Waals surface area contributed by atoms with Gasteiger partial charge in [-0.1, -0.05) is 18.7 Å². The molecule has 0 bridgehead atoms. The summed E-state index contributed by atoms with van der Waals surface area (Å²) in [6.07, 6.45) is 0.904. The summed E-state index contributed by atoms with van der Waals surface area (Å²) >= 11 is 1.37. The van der Waals surface area contributed by atoms with E-state index >= 15 is 0 Å². The minimum atomic E-state index is -0.287. The zero-order valence-electron chi connectivity index (χ0n) is 16.1. The Morgan fingerprint density at radius 3 is 2.68 bits per heavy atom. The van der Waals surface area contributed by atoms with Crippen molar-refractivity contribution in [1.82, 2.24) is 25.0 Å². The fraction of sp³-hybridized carbons (Fsp3) is 0.526. The maximum atomic E-state index is 13.3. The van der Waals surface area contributed by atoms with Gasteiger partial charge in [-0.2, -0.15) is 0 Å². The topological polar surface area (TPSA) is 72.3 Å². The van der Waals surface area contributed by atoms with Crippen molar-refractivity contribution in [2.75, 3.05) is 45.1 Å². The fourth-order valence-electron chi connectivity index (χ4n) is 2.92. The zero-order valence-corrected chi connectivity index (χ0v) is 16.9. The smallest absolute Gasteiger partial charge is 0.230 e. The molecule has 0 aliphatic carbocycles. The van der Waals surface area contributed by atoms with Crippen LogP contribution >= 0.6 is 11.8 Å². The van der Waals surface area contributed by atoms with Gasteiger partial charge in [0.2, 0.25) is 5.91 Å². The molecule has 7 nitrogen and oxygen atoms in total. The second kappa shape index (κ2) is 10.5. The van der Waals surface area contributed by atoms with Gasteiger partial charge in [0.25, 0.3) is 0 Å². The van der Waals surface area contributed by atoms with Crippen LogP contribution in [0.2, 0.25) is 0 Å². The van der Waals surface area contributed by atoms with Gasteiger partial charge in [-0.25, -0.2) is 4.39 Å². The van der Waals surface area contributed by atoms with Gasteiger partial charge in [0.15, 0.2) is 11.0 Å². The van der Waals surface area contributed by atoms with Crippen LogP contribution in [0.25, 0.3) is 11.4 Å². The predicted molar refractivity (Wildman–Crippen MR) is 107 cm³/mol. The normalized spacial score (nSPS) is 14.9. The molecule has 1 aromatic carbocycles. The first-order valence-electron chi connectivity index (χ1n) is 9.56. The molecule has 3 rings (SSSR count). The first-order chi connectivity index (χ1) is 13.7. The molecule has 1 aromatic heterocycles. The van der Waals surface area contributed by atoms with E-state index in [0.717, 1.165) is 44.8 Å². The number of rotatable bonds is 9. The third kappa shape index (κ3) is 5.76. The van der Waals surface area contributed by atoms with Gasteiger partial charge >= 0.3 is 0 Å². The molecule has 2 aromatic rings. The Morgan fingerprint density at radius 2 is 1.96 bits per heavy atom. The Morgan fingerprint density at radius 1 is 1.21 bits per heavy atom. The number of carbonyl (C=O) groups is 1. The van der Waals surface area contributed by atoms with Crippen LogP contribution in [0, 0.1) is 5.82 Å². The Bertz CT molecular complexity index is 762. The van der Waals surface area contributed by atoms with Crippen molar-refractivity contribution in [3.63, 3.8) is 0 Å². The van der Waals surface area contributed by atoms with Crippen molar-refractivity contribution >= 4 is 17.7 Å². The molecular formula is C19H26FN5O2S. The Labute approximate surface area is 168 Å². The molecule has 0 radical (unpaired) electrons. The van der Waals surface area contributed by atoms with E-state index in [1.165, 1.54) is 23.9 Å². The van der Waals surface area contributed by atoms with Gasteiger partial charge in [-0.15, -0.1) is 10.2 Å². The number of carbonyl (C=O) groups excluding carboxylic acids is 1.